The van der Waals surface area contributed by atoms with Crippen molar-refractivity contribution in [2.24, 2.45) is 0 Å². The fraction of sp³-hybridized carbons (Fsp3) is 0.381. The number of amides is 1. The number of ether oxygens (including phenoxy) is 1. The van der Waals surface area contributed by atoms with Crippen LogP contribution in [0.25, 0.3) is 22.6 Å². The van der Waals surface area contributed by atoms with Gasteiger partial charge in [-0.15, -0.1) is 0 Å². The number of carbonyl (C=O) groups is 1. The summed E-state index contributed by atoms with van der Waals surface area (Å²) < 4.78 is 5.45. The summed E-state index contributed by atoms with van der Waals surface area (Å²) in [7, 11) is 1.58. The fourth-order valence-corrected chi connectivity index (χ4v) is 3.77. The molecule has 0 saturated carbocycles. The van der Waals surface area contributed by atoms with E-state index in [9.17, 15) is 4.79 Å². The van der Waals surface area contributed by atoms with E-state index in [-0.39, 0.29) is 12.5 Å². The number of imidazole rings is 1. The van der Waals surface area contributed by atoms with E-state index in [1.54, 1.807) is 13.2 Å². The predicted octanol–water partition coefficient (Wildman–Crippen LogP) is 2.91. The van der Waals surface area contributed by atoms with Crippen LogP contribution in [0.15, 0.2) is 30.5 Å². The lowest BCUT2D eigenvalue weighted by Gasteiger charge is -2.16. The third kappa shape index (κ3) is 4.34. The second kappa shape index (κ2) is 8.89. The van der Waals surface area contributed by atoms with Crippen molar-refractivity contribution in [1.82, 2.24) is 25.2 Å². The molecule has 3 heterocycles. The van der Waals surface area contributed by atoms with Crippen molar-refractivity contribution in [2.75, 3.05) is 38.6 Å². The van der Waals surface area contributed by atoms with E-state index in [1.165, 1.54) is 0 Å². The first kappa shape index (κ1) is 20.4. The molecule has 0 bridgehead atoms. The topological polar surface area (TPSA) is 95.2 Å². The third-order valence-corrected chi connectivity index (χ3v) is 5.60. The summed E-state index contributed by atoms with van der Waals surface area (Å²) in [4.78, 5) is 26.1. The van der Waals surface area contributed by atoms with Gasteiger partial charge in [0.1, 0.15) is 17.1 Å². The lowest BCUT2D eigenvalue weighted by atomic mass is 10.2. The van der Waals surface area contributed by atoms with Gasteiger partial charge in [0.2, 0.25) is 0 Å². The van der Waals surface area contributed by atoms with Crippen LogP contribution >= 0.6 is 11.6 Å². The number of aromatic nitrogens is 3. The monoisotopic (exact) mass is 428 g/mol. The second-order valence-electron chi connectivity index (χ2n) is 7.27. The molecule has 1 saturated heterocycles. The van der Waals surface area contributed by atoms with Crippen molar-refractivity contribution >= 4 is 34.4 Å². The smallest absolute Gasteiger partial charge is 0.257 e. The van der Waals surface area contributed by atoms with Crippen LogP contribution < -0.4 is 15.4 Å². The highest BCUT2D eigenvalue weighted by Crippen LogP contribution is 2.32. The number of hydrogen-bond donors (Lipinski definition) is 3. The number of rotatable bonds is 7. The number of nitrogens with one attached hydrogen (secondary N) is 3. The number of anilines is 1. The van der Waals surface area contributed by atoms with E-state index in [2.05, 4.69) is 32.4 Å². The van der Waals surface area contributed by atoms with Crippen molar-refractivity contribution in [2.45, 2.75) is 19.4 Å². The number of aromatic amines is 1. The summed E-state index contributed by atoms with van der Waals surface area (Å²) >= 11 is 6.46. The number of pyridine rings is 1. The average Bonchev–Trinajstić information content (AvgIpc) is 3.41. The number of benzene rings is 1. The van der Waals surface area contributed by atoms with Crippen molar-refractivity contribution < 1.29 is 9.53 Å². The maximum absolute atomic E-state index is 11.3. The van der Waals surface area contributed by atoms with E-state index in [1.807, 2.05) is 24.3 Å². The Bertz CT molecular complexity index is 1040. The molecule has 1 aromatic carbocycles. The second-order valence-corrected chi connectivity index (χ2v) is 7.68. The molecule has 0 radical (unpaired) electrons. The summed E-state index contributed by atoms with van der Waals surface area (Å²) in [6.45, 7) is 5.28. The first-order valence-corrected chi connectivity index (χ1v) is 10.4. The summed E-state index contributed by atoms with van der Waals surface area (Å²) in [6.07, 6.45) is 2.72. The first-order valence-electron chi connectivity index (χ1n) is 10.0. The molecule has 158 valence electrons. The zero-order valence-electron chi connectivity index (χ0n) is 17.0. The maximum atomic E-state index is 11.3. The maximum Gasteiger partial charge on any atom is 0.257 e. The lowest BCUT2D eigenvalue weighted by molar-refractivity contribution is -0.122. The van der Waals surface area contributed by atoms with Crippen LogP contribution in [0.4, 0.5) is 5.69 Å². The first-order chi connectivity index (χ1) is 14.6. The Kier molecular flexibility index (Phi) is 6.06. The Morgan fingerprint density at radius 3 is 2.87 bits per heavy atom. The Morgan fingerprint density at radius 1 is 1.37 bits per heavy atom. The molecule has 1 fully saturated rings. The Hall–Kier alpha value is -2.84. The van der Waals surface area contributed by atoms with Gasteiger partial charge in [0.05, 0.1) is 16.9 Å². The van der Waals surface area contributed by atoms with Gasteiger partial charge in [-0.3, -0.25) is 4.79 Å². The highest BCUT2D eigenvalue weighted by atomic mass is 35.5. The summed E-state index contributed by atoms with van der Waals surface area (Å²) in [5.74, 6) is 1.13. The van der Waals surface area contributed by atoms with E-state index in [0.29, 0.717) is 28.3 Å². The molecular weight excluding hydrogens is 404 g/mol. The van der Waals surface area contributed by atoms with Gasteiger partial charge in [-0.2, -0.15) is 0 Å². The predicted molar refractivity (Wildman–Crippen MR) is 118 cm³/mol. The van der Waals surface area contributed by atoms with Gasteiger partial charge in [-0.05, 0) is 37.2 Å². The third-order valence-electron chi connectivity index (χ3n) is 5.31. The van der Waals surface area contributed by atoms with E-state index in [0.717, 1.165) is 42.8 Å². The van der Waals surface area contributed by atoms with Gasteiger partial charge in [-0.25, -0.2) is 9.97 Å². The molecule has 9 heteroatoms. The SMILES string of the molecule is CCN1CCC(Nc2c(Cl)cnc3[nH]c(-c4ccc(OCC(=O)NC)cc4)nc23)C1. The number of hydrogen-bond acceptors (Lipinski definition) is 6. The van der Waals surface area contributed by atoms with Crippen molar-refractivity contribution in [1.29, 1.82) is 0 Å². The molecule has 1 aliphatic rings. The molecule has 0 aliphatic carbocycles. The molecule has 1 aliphatic heterocycles. The number of H-pyrrole nitrogens is 1. The summed E-state index contributed by atoms with van der Waals surface area (Å²) in [6, 6.07) is 7.74. The minimum atomic E-state index is -0.177. The zero-order chi connectivity index (χ0) is 21.1. The molecule has 4 rings (SSSR count). The van der Waals surface area contributed by atoms with Crippen LogP contribution in [0.2, 0.25) is 5.02 Å². The summed E-state index contributed by atoms with van der Waals surface area (Å²) in [5.41, 5.74) is 3.12. The van der Waals surface area contributed by atoms with Crippen LogP contribution in [0.3, 0.4) is 0 Å². The van der Waals surface area contributed by atoms with Gasteiger partial charge in [0.15, 0.2) is 12.3 Å². The minimum Gasteiger partial charge on any atom is -0.484 e. The molecular formula is C21H25ClN6O2. The van der Waals surface area contributed by atoms with Crippen LogP contribution in [0.1, 0.15) is 13.3 Å². The molecule has 1 unspecified atom stereocenters. The number of halogens is 1. The van der Waals surface area contributed by atoms with Crippen LogP contribution in [0.5, 0.6) is 5.75 Å². The lowest BCUT2D eigenvalue weighted by Crippen LogP contribution is -2.26. The van der Waals surface area contributed by atoms with Crippen molar-refractivity contribution in [3.63, 3.8) is 0 Å². The molecule has 1 atom stereocenters. The molecule has 8 nitrogen and oxygen atoms in total. The van der Waals surface area contributed by atoms with Gasteiger partial charge in [0.25, 0.3) is 5.91 Å². The Balaban J connectivity index is 1.55. The van der Waals surface area contributed by atoms with Crippen molar-refractivity contribution in [3.05, 3.63) is 35.5 Å². The summed E-state index contributed by atoms with van der Waals surface area (Å²) in [5, 5.41) is 6.66. The molecule has 1 amide bonds. The van der Waals surface area contributed by atoms with Gasteiger partial charge in [0, 0.05) is 31.7 Å². The molecule has 30 heavy (non-hydrogen) atoms. The zero-order valence-corrected chi connectivity index (χ0v) is 17.8. The van der Waals surface area contributed by atoms with E-state index < -0.39 is 0 Å². The van der Waals surface area contributed by atoms with Crippen LogP contribution in [0, 0.1) is 0 Å². The number of fused-ring (bicyclic) bond motifs is 1. The highest BCUT2D eigenvalue weighted by Gasteiger charge is 2.23. The number of likely N-dealkylation sites (tertiary alicyclic amines) is 1. The van der Waals surface area contributed by atoms with Crippen molar-refractivity contribution in [3.8, 4) is 17.1 Å². The highest BCUT2D eigenvalue weighted by molar-refractivity contribution is 6.34. The largest absolute Gasteiger partial charge is 0.484 e. The van der Waals surface area contributed by atoms with Gasteiger partial charge in [-0.1, -0.05) is 18.5 Å². The number of likely N-dealkylation sites (N-methyl/N-ethyl adjacent to an activating group) is 2. The van der Waals surface area contributed by atoms with E-state index in [4.69, 9.17) is 21.3 Å². The molecule has 0 spiro atoms. The molecule has 3 N–H and O–H groups in total. The Labute approximate surface area is 180 Å². The van der Waals surface area contributed by atoms with Gasteiger partial charge >= 0.3 is 0 Å². The van der Waals surface area contributed by atoms with E-state index >= 15 is 0 Å². The molecule has 2 aromatic heterocycles. The number of nitrogens with zero attached hydrogens (tertiary/aromatic N) is 3. The van der Waals surface area contributed by atoms with Gasteiger partial charge < -0.3 is 25.3 Å². The average molecular weight is 429 g/mol. The van der Waals surface area contributed by atoms with Crippen LogP contribution in [-0.4, -0.2) is 65.1 Å². The standard InChI is InChI=1S/C21H25ClN6O2/c1-3-28-9-8-14(11-28)25-18-16(22)10-24-21-19(18)26-20(27-21)13-4-6-15(7-5-13)30-12-17(29)23-2/h4-7,10,14H,3,8-9,11-12H2,1-2H3,(H,23,29)(H2,24,25,26,27). The molecule has 3 aromatic rings. The quantitative estimate of drug-likeness (QED) is 0.535. The van der Waals surface area contributed by atoms with Crippen LogP contribution in [-0.2, 0) is 4.79 Å². The number of carbonyl (C=O) groups excluding carboxylic acids is 1. The fourth-order valence-electron chi connectivity index (χ4n) is 3.58. The normalized spacial score (nSPS) is 16.7. The Morgan fingerprint density at radius 2 is 2.17 bits per heavy atom. The minimum absolute atomic E-state index is 0.0193.